The Morgan fingerprint density at radius 2 is 2.04 bits per heavy atom. The summed E-state index contributed by atoms with van der Waals surface area (Å²) < 4.78 is 29.5. The Balaban J connectivity index is 1.46. The average molecular weight is 329 g/mol. The van der Waals surface area contributed by atoms with E-state index in [-0.39, 0.29) is 5.75 Å². The second kappa shape index (κ2) is 5.57. The van der Waals surface area contributed by atoms with E-state index in [2.05, 4.69) is 17.4 Å². The molecule has 120 valence electrons. The zero-order chi connectivity index (χ0) is 15.9. The molecule has 0 aromatic heterocycles. The Hall–Kier alpha value is -2.01. The molecule has 1 N–H and O–H groups in total. The molecule has 0 bridgehead atoms. The van der Waals surface area contributed by atoms with Gasteiger partial charge in [-0.1, -0.05) is 18.2 Å². The van der Waals surface area contributed by atoms with Gasteiger partial charge >= 0.3 is 0 Å². The summed E-state index contributed by atoms with van der Waals surface area (Å²) in [5.41, 5.74) is 4.46. The Labute approximate surface area is 136 Å². The molecule has 2 heterocycles. The normalized spacial score (nSPS) is 17.4. The first-order valence-electron chi connectivity index (χ1n) is 7.97. The minimum absolute atomic E-state index is 0.228. The smallest absolute Gasteiger partial charge is 0.179 e. The van der Waals surface area contributed by atoms with E-state index in [0.717, 1.165) is 43.0 Å². The summed E-state index contributed by atoms with van der Waals surface area (Å²) in [5.74, 6) is 1.24. The molecule has 2 aromatic rings. The van der Waals surface area contributed by atoms with Crippen LogP contribution >= 0.6 is 0 Å². The largest absolute Gasteiger partial charge is 0.493 e. The van der Waals surface area contributed by atoms with Gasteiger partial charge in [-0.15, -0.1) is 0 Å². The van der Waals surface area contributed by atoms with E-state index in [1.165, 1.54) is 11.1 Å². The molecule has 0 saturated heterocycles. The zero-order valence-corrected chi connectivity index (χ0v) is 13.7. The molecule has 0 aliphatic carbocycles. The molecule has 2 aliphatic heterocycles. The van der Waals surface area contributed by atoms with E-state index in [1.807, 2.05) is 18.2 Å². The molecule has 4 nitrogen and oxygen atoms in total. The van der Waals surface area contributed by atoms with Gasteiger partial charge in [-0.2, -0.15) is 0 Å². The van der Waals surface area contributed by atoms with E-state index < -0.39 is 9.84 Å². The zero-order valence-electron chi connectivity index (χ0n) is 12.8. The lowest BCUT2D eigenvalue weighted by atomic mass is 10.1. The monoisotopic (exact) mass is 329 g/mol. The summed E-state index contributed by atoms with van der Waals surface area (Å²) in [6, 6.07) is 11.9. The van der Waals surface area contributed by atoms with Gasteiger partial charge in [-0.25, -0.2) is 8.42 Å². The van der Waals surface area contributed by atoms with Crippen molar-refractivity contribution in [3.63, 3.8) is 0 Å². The molecule has 0 fully saturated rings. The second-order valence-corrected chi connectivity index (χ2v) is 8.15. The Kier molecular flexibility index (Phi) is 3.53. The fourth-order valence-corrected chi connectivity index (χ4v) is 4.93. The maximum Gasteiger partial charge on any atom is 0.179 e. The lowest BCUT2D eigenvalue weighted by Crippen LogP contribution is -2.07. The van der Waals surface area contributed by atoms with Gasteiger partial charge in [0.1, 0.15) is 5.75 Å². The minimum Gasteiger partial charge on any atom is -0.493 e. The van der Waals surface area contributed by atoms with Crippen LogP contribution < -0.4 is 10.1 Å². The first-order chi connectivity index (χ1) is 11.1. The summed E-state index contributed by atoms with van der Waals surface area (Å²) in [5, 5.41) is 3.40. The van der Waals surface area contributed by atoms with Gasteiger partial charge in [0, 0.05) is 18.7 Å². The number of nitrogens with one attached hydrogen (secondary N) is 1. The molecule has 4 rings (SSSR count). The van der Waals surface area contributed by atoms with Crippen molar-refractivity contribution in [3.05, 3.63) is 53.1 Å². The highest BCUT2D eigenvalue weighted by molar-refractivity contribution is 7.91. The van der Waals surface area contributed by atoms with Crippen molar-refractivity contribution in [1.82, 2.24) is 0 Å². The summed E-state index contributed by atoms with van der Waals surface area (Å²) in [6.45, 7) is 1.57. The summed E-state index contributed by atoms with van der Waals surface area (Å²) in [4.78, 5) is 0.497. The highest BCUT2D eigenvalue weighted by atomic mass is 32.2. The minimum atomic E-state index is -3.07. The van der Waals surface area contributed by atoms with Crippen molar-refractivity contribution in [3.8, 4) is 5.75 Å². The van der Waals surface area contributed by atoms with Crippen molar-refractivity contribution in [1.29, 1.82) is 0 Å². The number of hydrogen-bond acceptors (Lipinski definition) is 4. The van der Waals surface area contributed by atoms with Gasteiger partial charge in [0.25, 0.3) is 0 Å². The fraction of sp³-hybridized carbons (Fsp3) is 0.333. The molecular weight excluding hydrogens is 310 g/mol. The van der Waals surface area contributed by atoms with Crippen LogP contribution in [-0.4, -0.2) is 27.3 Å². The standard InChI is InChI=1S/C18H19NO3S/c20-23(21)11-8-15-16(2-1-3-18(15)23)19-9-6-13-4-5-17-14(12-13)7-10-22-17/h1-5,12,19H,6-11H2. The maximum atomic E-state index is 12.0. The number of benzene rings is 2. The van der Waals surface area contributed by atoms with Crippen LogP contribution in [0.15, 0.2) is 41.3 Å². The number of hydrogen-bond donors (Lipinski definition) is 1. The van der Waals surface area contributed by atoms with Crippen LogP contribution in [0.25, 0.3) is 0 Å². The SMILES string of the molecule is O=S1(=O)CCc2c(NCCc3ccc4c(c3)CCO4)cccc21. The topological polar surface area (TPSA) is 55.4 Å². The molecule has 0 amide bonds. The second-order valence-electron chi connectivity index (χ2n) is 6.07. The maximum absolute atomic E-state index is 12.0. The fourth-order valence-electron chi connectivity index (χ4n) is 3.36. The molecule has 2 aliphatic rings. The summed E-state index contributed by atoms with van der Waals surface area (Å²) >= 11 is 0. The van der Waals surface area contributed by atoms with E-state index in [4.69, 9.17) is 4.74 Å². The van der Waals surface area contributed by atoms with Crippen molar-refractivity contribution in [2.45, 2.75) is 24.2 Å². The number of sulfone groups is 1. The van der Waals surface area contributed by atoms with Crippen LogP contribution in [0.1, 0.15) is 16.7 Å². The van der Waals surface area contributed by atoms with Gasteiger partial charge in [0.15, 0.2) is 9.84 Å². The van der Waals surface area contributed by atoms with Crippen LogP contribution in [0.3, 0.4) is 0 Å². The highest BCUT2D eigenvalue weighted by Gasteiger charge is 2.27. The van der Waals surface area contributed by atoms with Gasteiger partial charge in [0.05, 0.1) is 17.3 Å². The summed E-state index contributed by atoms with van der Waals surface area (Å²) in [6.07, 6.45) is 2.50. The van der Waals surface area contributed by atoms with Gasteiger partial charge < -0.3 is 10.1 Å². The average Bonchev–Trinajstić information content (AvgIpc) is 3.12. The first kappa shape index (κ1) is 14.6. The number of fused-ring (bicyclic) bond motifs is 2. The quantitative estimate of drug-likeness (QED) is 0.937. The number of ether oxygens (including phenoxy) is 1. The molecule has 5 heteroatoms. The molecule has 0 unspecified atom stereocenters. The molecular formula is C18H19NO3S. The van der Waals surface area contributed by atoms with E-state index in [1.54, 1.807) is 6.07 Å². The van der Waals surface area contributed by atoms with Gasteiger partial charge in [-0.3, -0.25) is 0 Å². The Morgan fingerprint density at radius 1 is 1.13 bits per heavy atom. The van der Waals surface area contributed by atoms with Crippen LogP contribution in [0.4, 0.5) is 5.69 Å². The predicted octanol–water partition coefficient (Wildman–Crippen LogP) is 2.61. The van der Waals surface area contributed by atoms with Crippen LogP contribution in [0.2, 0.25) is 0 Å². The lowest BCUT2D eigenvalue weighted by molar-refractivity contribution is 0.357. The third-order valence-corrected chi connectivity index (χ3v) is 6.37. The number of anilines is 1. The van der Waals surface area contributed by atoms with Crippen molar-refractivity contribution >= 4 is 15.5 Å². The van der Waals surface area contributed by atoms with Crippen molar-refractivity contribution in [2.24, 2.45) is 0 Å². The third kappa shape index (κ3) is 2.70. The predicted molar refractivity (Wildman–Crippen MR) is 90.0 cm³/mol. The molecule has 2 aromatic carbocycles. The Morgan fingerprint density at radius 3 is 2.96 bits per heavy atom. The van der Waals surface area contributed by atoms with Gasteiger partial charge in [0.2, 0.25) is 0 Å². The van der Waals surface area contributed by atoms with E-state index >= 15 is 0 Å². The molecule has 0 radical (unpaired) electrons. The van der Waals surface area contributed by atoms with Crippen LogP contribution in [0, 0.1) is 0 Å². The molecule has 0 spiro atoms. The van der Waals surface area contributed by atoms with Crippen LogP contribution in [-0.2, 0) is 29.1 Å². The lowest BCUT2D eigenvalue weighted by Gasteiger charge is -2.11. The van der Waals surface area contributed by atoms with E-state index in [0.29, 0.717) is 11.3 Å². The van der Waals surface area contributed by atoms with E-state index in [9.17, 15) is 8.42 Å². The summed E-state index contributed by atoms with van der Waals surface area (Å²) in [7, 11) is -3.07. The molecule has 0 saturated carbocycles. The highest BCUT2D eigenvalue weighted by Crippen LogP contribution is 2.31. The molecule has 23 heavy (non-hydrogen) atoms. The third-order valence-electron chi connectivity index (χ3n) is 4.57. The van der Waals surface area contributed by atoms with Crippen molar-refractivity contribution < 1.29 is 13.2 Å². The molecule has 0 atom stereocenters. The van der Waals surface area contributed by atoms with Crippen molar-refractivity contribution in [2.75, 3.05) is 24.2 Å². The van der Waals surface area contributed by atoms with Crippen LogP contribution in [0.5, 0.6) is 5.75 Å². The Bertz CT molecular complexity index is 859. The van der Waals surface area contributed by atoms with Gasteiger partial charge in [-0.05, 0) is 47.7 Å². The first-order valence-corrected chi connectivity index (χ1v) is 9.62. The number of rotatable bonds is 4.